The second kappa shape index (κ2) is 6.45. The van der Waals surface area contributed by atoms with E-state index < -0.39 is 0 Å². The Labute approximate surface area is 124 Å². The van der Waals surface area contributed by atoms with Crippen LogP contribution in [0.1, 0.15) is 48.0 Å². The maximum Gasteiger partial charge on any atom is 0.165 e. The summed E-state index contributed by atoms with van der Waals surface area (Å²) in [5.41, 5.74) is 1.31. The van der Waals surface area contributed by atoms with Gasteiger partial charge < -0.3 is 5.32 Å². The van der Waals surface area contributed by atoms with E-state index in [1.807, 2.05) is 16.0 Å². The molecule has 2 heterocycles. The normalized spacial score (nSPS) is 13.1. The summed E-state index contributed by atoms with van der Waals surface area (Å²) in [4.78, 5) is 2.67. The summed E-state index contributed by atoms with van der Waals surface area (Å²) < 4.78 is 1.92. The Bertz CT molecular complexity index is 558. The largest absolute Gasteiger partial charge is 0.310 e. The molecule has 0 aliphatic carbocycles. The van der Waals surface area contributed by atoms with Gasteiger partial charge in [-0.1, -0.05) is 13.8 Å². The molecule has 2 aromatic rings. The average Bonchev–Trinajstić information content (AvgIpc) is 2.95. The van der Waals surface area contributed by atoms with Crippen molar-refractivity contribution in [2.45, 2.75) is 47.2 Å². The van der Waals surface area contributed by atoms with Crippen LogP contribution in [-0.4, -0.2) is 26.8 Å². The minimum Gasteiger partial charge on any atom is -0.310 e. The maximum atomic E-state index is 4.16. The van der Waals surface area contributed by atoms with E-state index in [1.165, 1.54) is 15.3 Å². The third kappa shape index (κ3) is 3.43. The van der Waals surface area contributed by atoms with E-state index in [1.54, 1.807) is 0 Å². The van der Waals surface area contributed by atoms with Crippen LogP contribution in [0.3, 0.4) is 0 Å². The Balaban J connectivity index is 2.12. The predicted octanol–water partition coefficient (Wildman–Crippen LogP) is 2.71. The lowest BCUT2D eigenvalue weighted by Crippen LogP contribution is -2.23. The molecule has 5 nitrogen and oxygen atoms in total. The Morgan fingerprint density at radius 3 is 2.65 bits per heavy atom. The molecule has 1 N–H and O–H groups in total. The van der Waals surface area contributed by atoms with E-state index in [4.69, 9.17) is 0 Å². The first-order chi connectivity index (χ1) is 9.49. The highest BCUT2D eigenvalue weighted by Gasteiger charge is 2.17. The number of nitrogens with one attached hydrogen (secondary N) is 1. The van der Waals surface area contributed by atoms with Gasteiger partial charge in [-0.25, -0.2) is 4.68 Å². The Morgan fingerprint density at radius 1 is 1.30 bits per heavy atom. The summed E-state index contributed by atoms with van der Waals surface area (Å²) in [6, 6.07) is 2.41. The fourth-order valence-corrected chi connectivity index (χ4v) is 3.32. The lowest BCUT2D eigenvalue weighted by molar-refractivity contribution is 0.487. The molecule has 0 amide bonds. The van der Waals surface area contributed by atoms with Gasteiger partial charge in [-0.3, -0.25) is 0 Å². The Kier molecular flexibility index (Phi) is 4.88. The maximum absolute atomic E-state index is 4.16. The summed E-state index contributed by atoms with van der Waals surface area (Å²) in [7, 11) is 0. The van der Waals surface area contributed by atoms with Crippen molar-refractivity contribution >= 4 is 11.3 Å². The average molecular weight is 293 g/mol. The standard InChI is InChI=1S/C14H23N5S/c1-9(2)7-15-8-14-16-17-18-19(14)11(4)13-6-10(3)20-12(13)5/h6,9,11,15H,7-8H2,1-5H3. The van der Waals surface area contributed by atoms with Crippen LogP contribution in [-0.2, 0) is 6.54 Å². The molecule has 20 heavy (non-hydrogen) atoms. The monoisotopic (exact) mass is 293 g/mol. The summed E-state index contributed by atoms with van der Waals surface area (Å²) >= 11 is 1.82. The molecule has 0 saturated carbocycles. The van der Waals surface area contributed by atoms with Gasteiger partial charge in [0, 0.05) is 9.75 Å². The van der Waals surface area contributed by atoms with Crippen LogP contribution in [0.15, 0.2) is 6.07 Å². The summed E-state index contributed by atoms with van der Waals surface area (Å²) in [5.74, 6) is 1.51. The summed E-state index contributed by atoms with van der Waals surface area (Å²) in [5, 5.41) is 15.5. The van der Waals surface area contributed by atoms with Crippen molar-refractivity contribution in [3.05, 3.63) is 27.2 Å². The molecule has 0 aliphatic heterocycles. The number of aryl methyl sites for hydroxylation is 2. The van der Waals surface area contributed by atoms with E-state index >= 15 is 0 Å². The molecule has 0 radical (unpaired) electrons. The van der Waals surface area contributed by atoms with Crippen molar-refractivity contribution < 1.29 is 0 Å². The van der Waals surface area contributed by atoms with Gasteiger partial charge in [0.1, 0.15) is 0 Å². The van der Waals surface area contributed by atoms with Crippen molar-refractivity contribution in [2.24, 2.45) is 5.92 Å². The number of hydrogen-bond donors (Lipinski definition) is 1. The highest BCUT2D eigenvalue weighted by Crippen LogP contribution is 2.28. The molecule has 0 bridgehead atoms. The van der Waals surface area contributed by atoms with Gasteiger partial charge in [-0.2, -0.15) is 0 Å². The van der Waals surface area contributed by atoms with Crippen molar-refractivity contribution in [3.63, 3.8) is 0 Å². The molecule has 0 saturated heterocycles. The fraction of sp³-hybridized carbons (Fsp3) is 0.643. The Hall–Kier alpha value is -1.27. The zero-order valence-corrected chi connectivity index (χ0v) is 13.7. The minimum atomic E-state index is 0.172. The number of hydrogen-bond acceptors (Lipinski definition) is 5. The van der Waals surface area contributed by atoms with Gasteiger partial charge in [0.2, 0.25) is 0 Å². The molecular formula is C14H23N5S. The fourth-order valence-electron chi connectivity index (χ4n) is 2.30. The molecule has 2 rings (SSSR count). The highest BCUT2D eigenvalue weighted by atomic mass is 32.1. The van der Waals surface area contributed by atoms with Crippen LogP contribution < -0.4 is 5.32 Å². The quantitative estimate of drug-likeness (QED) is 0.889. The van der Waals surface area contributed by atoms with E-state index in [-0.39, 0.29) is 6.04 Å². The van der Waals surface area contributed by atoms with Gasteiger partial charge in [-0.05, 0) is 55.3 Å². The zero-order valence-electron chi connectivity index (χ0n) is 12.8. The lowest BCUT2D eigenvalue weighted by atomic mass is 10.1. The van der Waals surface area contributed by atoms with Crippen LogP contribution in [0.2, 0.25) is 0 Å². The molecule has 6 heteroatoms. The molecular weight excluding hydrogens is 270 g/mol. The number of nitrogens with zero attached hydrogens (tertiary/aromatic N) is 4. The minimum absolute atomic E-state index is 0.172. The van der Waals surface area contributed by atoms with Crippen LogP contribution in [0.25, 0.3) is 0 Å². The molecule has 1 atom stereocenters. The lowest BCUT2D eigenvalue weighted by Gasteiger charge is -2.14. The van der Waals surface area contributed by atoms with E-state index in [0.717, 1.165) is 12.4 Å². The molecule has 2 aromatic heterocycles. The first-order valence-electron chi connectivity index (χ1n) is 7.03. The zero-order chi connectivity index (χ0) is 14.7. The second-order valence-corrected chi connectivity index (χ2v) is 7.07. The van der Waals surface area contributed by atoms with Gasteiger partial charge in [-0.15, -0.1) is 16.4 Å². The highest BCUT2D eigenvalue weighted by molar-refractivity contribution is 7.12. The van der Waals surface area contributed by atoms with Gasteiger partial charge in [0.25, 0.3) is 0 Å². The van der Waals surface area contributed by atoms with Crippen LogP contribution in [0.5, 0.6) is 0 Å². The third-order valence-electron chi connectivity index (χ3n) is 3.29. The first kappa shape index (κ1) is 15.1. The van der Waals surface area contributed by atoms with Crippen molar-refractivity contribution in [1.29, 1.82) is 0 Å². The predicted molar refractivity (Wildman–Crippen MR) is 82.0 cm³/mol. The molecule has 0 fully saturated rings. The topological polar surface area (TPSA) is 55.6 Å². The molecule has 0 aliphatic rings. The molecule has 1 unspecified atom stereocenters. The van der Waals surface area contributed by atoms with E-state index in [9.17, 15) is 0 Å². The number of tetrazole rings is 1. The second-order valence-electron chi connectivity index (χ2n) is 5.61. The molecule has 110 valence electrons. The summed E-state index contributed by atoms with van der Waals surface area (Å²) in [6.07, 6.45) is 0. The van der Waals surface area contributed by atoms with E-state index in [0.29, 0.717) is 12.5 Å². The molecule has 0 spiro atoms. The first-order valence-corrected chi connectivity index (χ1v) is 7.85. The van der Waals surface area contributed by atoms with Gasteiger partial charge >= 0.3 is 0 Å². The van der Waals surface area contributed by atoms with Gasteiger partial charge in [0.05, 0.1) is 12.6 Å². The number of aromatic nitrogens is 4. The SMILES string of the molecule is Cc1cc(C(C)n2nnnc2CNCC(C)C)c(C)s1. The van der Waals surface area contributed by atoms with E-state index in [2.05, 4.69) is 61.5 Å². The number of rotatable bonds is 6. The van der Waals surface area contributed by atoms with Crippen LogP contribution in [0, 0.1) is 19.8 Å². The van der Waals surface area contributed by atoms with Crippen LogP contribution >= 0.6 is 11.3 Å². The van der Waals surface area contributed by atoms with Crippen molar-refractivity contribution in [1.82, 2.24) is 25.5 Å². The van der Waals surface area contributed by atoms with Gasteiger partial charge in [0.15, 0.2) is 5.82 Å². The smallest absolute Gasteiger partial charge is 0.165 e. The van der Waals surface area contributed by atoms with Crippen LogP contribution in [0.4, 0.5) is 0 Å². The van der Waals surface area contributed by atoms with Crippen molar-refractivity contribution in [2.75, 3.05) is 6.54 Å². The summed E-state index contributed by atoms with van der Waals surface area (Å²) in [6.45, 7) is 12.5. The molecule has 0 aromatic carbocycles. The third-order valence-corrected chi connectivity index (χ3v) is 4.27. The number of thiophene rings is 1. The van der Waals surface area contributed by atoms with Crippen molar-refractivity contribution in [3.8, 4) is 0 Å². The Morgan fingerprint density at radius 2 is 2.05 bits per heavy atom.